The van der Waals surface area contributed by atoms with Crippen molar-refractivity contribution in [3.8, 4) is 5.69 Å². The van der Waals surface area contributed by atoms with E-state index in [0.717, 1.165) is 32.3 Å². The van der Waals surface area contributed by atoms with Crippen molar-refractivity contribution in [3.63, 3.8) is 0 Å². The van der Waals surface area contributed by atoms with Gasteiger partial charge in [0.1, 0.15) is 4.83 Å². The smallest absolute Gasteiger partial charge is 0.267 e. The summed E-state index contributed by atoms with van der Waals surface area (Å²) in [6.07, 6.45) is 0.690. The molecule has 33 heavy (non-hydrogen) atoms. The number of fused-ring (bicyclic) bond motifs is 3. The minimum atomic E-state index is -0.0221. The first kappa shape index (κ1) is 21.9. The van der Waals surface area contributed by atoms with Gasteiger partial charge in [-0.2, -0.15) is 0 Å². The number of aryl methyl sites for hydroxylation is 2. The van der Waals surface area contributed by atoms with E-state index in [1.165, 1.54) is 11.1 Å². The molecule has 2 aromatic carbocycles. The predicted molar refractivity (Wildman–Crippen MR) is 135 cm³/mol. The van der Waals surface area contributed by atoms with Gasteiger partial charge in [0.15, 0.2) is 5.16 Å². The lowest BCUT2D eigenvalue weighted by molar-refractivity contribution is -0.129. The number of aromatic nitrogens is 2. The normalized spacial score (nSPS) is 13.4. The molecule has 1 aliphatic rings. The summed E-state index contributed by atoms with van der Waals surface area (Å²) in [7, 11) is 0. The number of benzene rings is 2. The van der Waals surface area contributed by atoms with Crippen molar-refractivity contribution < 1.29 is 4.79 Å². The molecule has 0 N–H and O–H groups in total. The molecule has 0 unspecified atom stereocenters. The molecule has 5 rings (SSSR count). The fraction of sp³-hybridized carbons (Fsp3) is 0.269. The number of hydrogen-bond donors (Lipinski definition) is 0. The highest BCUT2D eigenvalue weighted by Gasteiger charge is 2.26. The van der Waals surface area contributed by atoms with E-state index in [2.05, 4.69) is 31.2 Å². The fourth-order valence-corrected chi connectivity index (χ4v) is 6.57. The third-order valence-electron chi connectivity index (χ3n) is 6.00. The molecule has 1 amide bonds. The average Bonchev–Trinajstić information content (AvgIpc) is 3.15. The molecule has 0 atom stereocenters. The summed E-state index contributed by atoms with van der Waals surface area (Å²) < 4.78 is 1.76. The molecular weight excluding hydrogens is 450 g/mol. The Labute approximate surface area is 201 Å². The second-order valence-electron chi connectivity index (χ2n) is 8.53. The van der Waals surface area contributed by atoms with E-state index in [0.29, 0.717) is 30.1 Å². The maximum atomic E-state index is 13.9. The second kappa shape index (κ2) is 8.80. The summed E-state index contributed by atoms with van der Waals surface area (Å²) in [6, 6.07) is 16.4. The van der Waals surface area contributed by atoms with E-state index in [1.54, 1.807) is 34.6 Å². The molecule has 0 saturated heterocycles. The van der Waals surface area contributed by atoms with Gasteiger partial charge in [0.05, 0.1) is 17.6 Å². The number of rotatable bonds is 4. The number of thioether (sulfide) groups is 1. The summed E-state index contributed by atoms with van der Waals surface area (Å²) in [4.78, 5) is 34.5. The van der Waals surface area contributed by atoms with Crippen LogP contribution in [0.15, 0.2) is 58.5 Å². The van der Waals surface area contributed by atoms with E-state index < -0.39 is 0 Å². The van der Waals surface area contributed by atoms with Crippen LogP contribution in [0.4, 0.5) is 0 Å². The van der Waals surface area contributed by atoms with Crippen molar-refractivity contribution >= 4 is 39.2 Å². The Morgan fingerprint density at radius 2 is 1.88 bits per heavy atom. The number of hydrogen-bond acceptors (Lipinski definition) is 5. The van der Waals surface area contributed by atoms with Gasteiger partial charge in [-0.1, -0.05) is 53.7 Å². The molecule has 7 heteroatoms. The highest BCUT2D eigenvalue weighted by Crippen LogP contribution is 2.35. The molecule has 1 aliphatic heterocycles. The maximum absolute atomic E-state index is 13.9. The summed E-state index contributed by atoms with van der Waals surface area (Å²) in [5, 5.41) is 1.40. The zero-order chi connectivity index (χ0) is 23.1. The first-order chi connectivity index (χ1) is 15.9. The summed E-state index contributed by atoms with van der Waals surface area (Å²) >= 11 is 3.13. The largest absolute Gasteiger partial charge is 0.337 e. The van der Waals surface area contributed by atoms with Crippen LogP contribution in [0, 0.1) is 13.8 Å². The quantitative estimate of drug-likeness (QED) is 0.298. The van der Waals surface area contributed by atoms with Crippen LogP contribution in [0.1, 0.15) is 34.1 Å². The lowest BCUT2D eigenvalue weighted by Crippen LogP contribution is -2.34. The van der Waals surface area contributed by atoms with Crippen LogP contribution in [-0.4, -0.2) is 26.9 Å². The van der Waals surface area contributed by atoms with Gasteiger partial charge in [-0.15, -0.1) is 11.3 Å². The lowest BCUT2D eigenvalue weighted by atomic mass is 10.1. The molecule has 0 spiro atoms. The number of amides is 1. The first-order valence-corrected chi connectivity index (χ1v) is 12.8. The topological polar surface area (TPSA) is 55.2 Å². The Kier molecular flexibility index (Phi) is 5.85. The van der Waals surface area contributed by atoms with Gasteiger partial charge in [-0.25, -0.2) is 4.98 Å². The SMILES string of the molecule is CC(=O)N1CCc2c(sc3nc(SCc4cccc(C)c4)n(-c4cccc(C)c4)c(=O)c23)C1. The Morgan fingerprint density at radius 3 is 2.61 bits per heavy atom. The van der Waals surface area contributed by atoms with Crippen LogP contribution in [0.3, 0.4) is 0 Å². The number of carbonyl (C=O) groups is 1. The van der Waals surface area contributed by atoms with E-state index in [4.69, 9.17) is 4.98 Å². The van der Waals surface area contributed by atoms with Crippen molar-refractivity contribution in [2.75, 3.05) is 6.54 Å². The Morgan fingerprint density at radius 1 is 1.12 bits per heavy atom. The number of carbonyl (C=O) groups excluding carboxylic acids is 1. The summed E-state index contributed by atoms with van der Waals surface area (Å²) in [5.74, 6) is 0.798. The highest BCUT2D eigenvalue weighted by atomic mass is 32.2. The van der Waals surface area contributed by atoms with E-state index in [1.807, 2.05) is 36.1 Å². The van der Waals surface area contributed by atoms with Crippen molar-refractivity contribution in [3.05, 3.63) is 86.0 Å². The van der Waals surface area contributed by atoms with Crippen LogP contribution in [0.2, 0.25) is 0 Å². The van der Waals surface area contributed by atoms with Crippen molar-refractivity contribution in [1.29, 1.82) is 0 Å². The van der Waals surface area contributed by atoms with Crippen LogP contribution in [0.25, 0.3) is 15.9 Å². The average molecular weight is 476 g/mol. The third-order valence-corrected chi connectivity index (χ3v) is 8.12. The molecular formula is C26H25N3O2S2. The van der Waals surface area contributed by atoms with Crippen molar-refractivity contribution in [1.82, 2.24) is 14.5 Å². The molecule has 3 heterocycles. The molecule has 0 saturated carbocycles. The Bertz CT molecular complexity index is 1440. The van der Waals surface area contributed by atoms with Gasteiger partial charge < -0.3 is 4.90 Å². The van der Waals surface area contributed by atoms with Crippen LogP contribution in [-0.2, 0) is 23.5 Å². The second-order valence-corrected chi connectivity index (χ2v) is 10.6. The monoisotopic (exact) mass is 475 g/mol. The van der Waals surface area contributed by atoms with Gasteiger partial charge in [0.25, 0.3) is 5.56 Å². The maximum Gasteiger partial charge on any atom is 0.267 e. The minimum Gasteiger partial charge on any atom is -0.337 e. The highest BCUT2D eigenvalue weighted by molar-refractivity contribution is 7.98. The molecule has 0 fully saturated rings. The summed E-state index contributed by atoms with van der Waals surface area (Å²) in [6.45, 7) is 6.91. The van der Waals surface area contributed by atoms with Crippen LogP contribution in [0.5, 0.6) is 0 Å². The van der Waals surface area contributed by atoms with Gasteiger partial charge in [0, 0.05) is 24.1 Å². The van der Waals surface area contributed by atoms with Crippen LogP contribution >= 0.6 is 23.1 Å². The molecule has 4 aromatic rings. The Hall–Kier alpha value is -2.90. The third kappa shape index (κ3) is 4.23. The van der Waals surface area contributed by atoms with Gasteiger partial charge in [0.2, 0.25) is 5.91 Å². The molecule has 2 aromatic heterocycles. The fourth-order valence-electron chi connectivity index (χ4n) is 4.33. The van der Waals surface area contributed by atoms with E-state index >= 15 is 0 Å². The van der Waals surface area contributed by atoms with Crippen molar-refractivity contribution in [2.24, 2.45) is 0 Å². The number of nitrogens with zero attached hydrogens (tertiary/aromatic N) is 3. The molecule has 0 bridgehead atoms. The van der Waals surface area contributed by atoms with E-state index in [9.17, 15) is 9.59 Å². The first-order valence-electron chi connectivity index (χ1n) is 11.0. The molecule has 0 aliphatic carbocycles. The standard InChI is InChI=1S/C26H25N3O2S2/c1-16-6-4-8-19(12-16)15-32-26-27-24-23(21-10-11-28(18(3)30)14-22(21)33-24)25(31)29(26)20-9-5-7-17(2)13-20/h4-9,12-13H,10-11,14-15H2,1-3H3. The van der Waals surface area contributed by atoms with Crippen LogP contribution < -0.4 is 5.56 Å². The zero-order valence-electron chi connectivity index (χ0n) is 18.9. The van der Waals surface area contributed by atoms with Crippen molar-refractivity contribution in [2.45, 2.75) is 44.6 Å². The minimum absolute atomic E-state index is 0.0221. The van der Waals surface area contributed by atoms with E-state index in [-0.39, 0.29) is 11.5 Å². The molecule has 0 radical (unpaired) electrons. The lowest BCUT2D eigenvalue weighted by Gasteiger charge is -2.25. The van der Waals surface area contributed by atoms with Gasteiger partial charge in [-0.05, 0) is 49.1 Å². The zero-order valence-corrected chi connectivity index (χ0v) is 20.6. The van der Waals surface area contributed by atoms with Gasteiger partial charge in [-0.3, -0.25) is 14.2 Å². The number of thiophene rings is 1. The summed E-state index contributed by atoms with van der Waals surface area (Å²) in [5.41, 5.74) is 5.38. The predicted octanol–water partition coefficient (Wildman–Crippen LogP) is 5.26. The molecule has 5 nitrogen and oxygen atoms in total. The molecule has 168 valence electrons. The van der Waals surface area contributed by atoms with Gasteiger partial charge >= 0.3 is 0 Å². The Balaban J connectivity index is 1.65.